The molecule has 0 amide bonds. The van der Waals surface area contributed by atoms with Crippen molar-refractivity contribution in [3.05, 3.63) is 41.2 Å². The van der Waals surface area contributed by atoms with Gasteiger partial charge in [0.1, 0.15) is 11.5 Å². The second-order valence-electron chi connectivity index (χ2n) is 8.19. The molecule has 2 N–H and O–H groups in total. The Balaban J connectivity index is 0.00000289. The second-order valence-corrected chi connectivity index (χ2v) is 9.12. The molecule has 2 aliphatic rings. The van der Waals surface area contributed by atoms with Crippen LogP contribution in [0, 0.1) is 6.92 Å². The first kappa shape index (κ1) is 25.3. The van der Waals surface area contributed by atoms with E-state index in [4.69, 9.17) is 14.1 Å². The Hall–Kier alpha value is -1.30. The third kappa shape index (κ3) is 6.85. The molecule has 4 heterocycles. The number of nitrogens with zero attached hydrogens (tertiary/aromatic N) is 3. The fourth-order valence-electron chi connectivity index (χ4n) is 4.29. The van der Waals surface area contributed by atoms with Crippen molar-refractivity contribution in [2.75, 3.05) is 57.4 Å². The van der Waals surface area contributed by atoms with Crippen molar-refractivity contribution in [3.8, 4) is 0 Å². The summed E-state index contributed by atoms with van der Waals surface area (Å²) in [7, 11) is 0. The molecule has 7 nitrogen and oxygen atoms in total. The Morgan fingerprint density at radius 1 is 1.19 bits per heavy atom. The van der Waals surface area contributed by atoms with Gasteiger partial charge in [-0.05, 0) is 56.3 Å². The molecule has 9 heteroatoms. The lowest BCUT2D eigenvalue weighted by Gasteiger charge is -2.34. The number of aryl methyl sites for hydroxylation is 1. The lowest BCUT2D eigenvalue weighted by molar-refractivity contribution is 0.0135. The first-order chi connectivity index (χ1) is 15.2. The van der Waals surface area contributed by atoms with E-state index in [2.05, 4.69) is 50.9 Å². The number of thiophene rings is 1. The second kappa shape index (κ2) is 12.8. The third-order valence-corrected chi connectivity index (χ3v) is 6.93. The highest BCUT2D eigenvalue weighted by atomic mass is 127. The maximum absolute atomic E-state index is 5.99. The predicted molar refractivity (Wildman–Crippen MR) is 143 cm³/mol. The molecule has 0 aromatic carbocycles. The standard InChI is InChI=1S/C23H35N5O2S.HI/c1-3-24-23(26-19-8-10-28(11-9-19)22-5-4-16-31-22)25-17-20(21-7-6-18(2)30-21)27-12-14-29-15-13-27;/h4-7,16,19-20H,3,8-15,17H2,1-2H3,(H2,24,25,26);1H. The summed E-state index contributed by atoms with van der Waals surface area (Å²) in [6.07, 6.45) is 2.24. The van der Waals surface area contributed by atoms with Crippen LogP contribution in [0.4, 0.5) is 5.00 Å². The van der Waals surface area contributed by atoms with Crippen molar-refractivity contribution in [1.29, 1.82) is 0 Å². The number of furan rings is 1. The van der Waals surface area contributed by atoms with E-state index in [1.54, 1.807) is 0 Å². The maximum atomic E-state index is 5.99. The number of halogens is 1. The number of guanidine groups is 1. The average molecular weight is 574 g/mol. The van der Waals surface area contributed by atoms with Gasteiger partial charge < -0.3 is 24.7 Å². The van der Waals surface area contributed by atoms with Gasteiger partial charge in [0.25, 0.3) is 0 Å². The van der Waals surface area contributed by atoms with E-state index < -0.39 is 0 Å². The van der Waals surface area contributed by atoms with E-state index in [1.165, 1.54) is 5.00 Å². The number of hydrogen-bond acceptors (Lipinski definition) is 6. The number of anilines is 1. The molecule has 0 saturated carbocycles. The van der Waals surface area contributed by atoms with E-state index in [9.17, 15) is 0 Å². The molecular formula is C23H36IN5O2S. The molecule has 0 aliphatic carbocycles. The van der Waals surface area contributed by atoms with Gasteiger partial charge in [-0.1, -0.05) is 0 Å². The van der Waals surface area contributed by atoms with Gasteiger partial charge in [0.2, 0.25) is 0 Å². The maximum Gasteiger partial charge on any atom is 0.191 e. The van der Waals surface area contributed by atoms with E-state index in [0.717, 1.165) is 76.3 Å². The predicted octanol–water partition coefficient (Wildman–Crippen LogP) is 3.86. The summed E-state index contributed by atoms with van der Waals surface area (Å²) in [6.45, 7) is 11.1. The molecule has 0 radical (unpaired) electrons. The largest absolute Gasteiger partial charge is 0.465 e. The molecule has 2 aromatic rings. The lowest BCUT2D eigenvalue weighted by atomic mass is 10.1. The van der Waals surface area contributed by atoms with Crippen LogP contribution < -0.4 is 15.5 Å². The number of ether oxygens (including phenoxy) is 1. The number of nitrogens with one attached hydrogen (secondary N) is 2. The molecule has 2 fully saturated rings. The SMILES string of the molecule is CCNC(=NCC(c1ccc(C)o1)N1CCOCC1)NC1CCN(c2cccs2)CC1.I. The van der Waals surface area contributed by atoms with Gasteiger partial charge in [-0.3, -0.25) is 9.89 Å². The summed E-state index contributed by atoms with van der Waals surface area (Å²) >= 11 is 1.82. The zero-order valence-corrected chi connectivity index (χ0v) is 22.2. The Morgan fingerprint density at radius 3 is 2.59 bits per heavy atom. The number of morpholine rings is 1. The summed E-state index contributed by atoms with van der Waals surface area (Å²) in [5.74, 6) is 2.83. The van der Waals surface area contributed by atoms with Crippen molar-refractivity contribution in [3.63, 3.8) is 0 Å². The molecule has 32 heavy (non-hydrogen) atoms. The number of hydrogen-bond donors (Lipinski definition) is 2. The molecule has 1 atom stereocenters. The van der Waals surface area contributed by atoms with Crippen LogP contribution in [0.2, 0.25) is 0 Å². The van der Waals surface area contributed by atoms with Gasteiger partial charge in [0.05, 0.1) is 30.8 Å². The minimum absolute atomic E-state index is 0. The van der Waals surface area contributed by atoms with Crippen LogP contribution in [-0.2, 0) is 4.74 Å². The summed E-state index contributed by atoms with van der Waals surface area (Å²) in [6, 6.07) is 9.05. The summed E-state index contributed by atoms with van der Waals surface area (Å²) in [4.78, 5) is 9.89. The zero-order valence-electron chi connectivity index (χ0n) is 19.1. The van der Waals surface area contributed by atoms with Gasteiger partial charge in [0, 0.05) is 38.8 Å². The quantitative estimate of drug-likeness (QED) is 0.298. The summed E-state index contributed by atoms with van der Waals surface area (Å²) < 4.78 is 11.5. The Bertz CT molecular complexity index is 814. The average Bonchev–Trinajstić information content (AvgIpc) is 3.48. The Kier molecular flexibility index (Phi) is 10.1. The highest BCUT2D eigenvalue weighted by Gasteiger charge is 2.26. The zero-order chi connectivity index (χ0) is 21.5. The first-order valence-electron chi connectivity index (χ1n) is 11.4. The van der Waals surface area contributed by atoms with Gasteiger partial charge in [0.15, 0.2) is 5.96 Å². The normalized spacial score (nSPS) is 19.4. The number of aliphatic imine (C=N–C) groups is 1. The number of piperidine rings is 1. The highest BCUT2D eigenvalue weighted by Crippen LogP contribution is 2.26. The fraction of sp³-hybridized carbons (Fsp3) is 0.609. The lowest BCUT2D eigenvalue weighted by Crippen LogP contribution is -2.49. The van der Waals surface area contributed by atoms with Crippen LogP contribution in [0.15, 0.2) is 39.1 Å². The fourth-order valence-corrected chi connectivity index (χ4v) is 5.08. The molecule has 0 bridgehead atoms. The van der Waals surface area contributed by atoms with Crippen LogP contribution in [0.3, 0.4) is 0 Å². The highest BCUT2D eigenvalue weighted by molar-refractivity contribution is 14.0. The first-order valence-corrected chi connectivity index (χ1v) is 12.3. The van der Waals surface area contributed by atoms with Crippen molar-refractivity contribution < 1.29 is 9.15 Å². The van der Waals surface area contributed by atoms with Gasteiger partial charge in [-0.25, -0.2) is 0 Å². The number of rotatable bonds is 7. The Morgan fingerprint density at radius 2 is 1.97 bits per heavy atom. The molecular weight excluding hydrogens is 537 g/mol. The van der Waals surface area contributed by atoms with Crippen molar-refractivity contribution >= 4 is 46.3 Å². The smallest absolute Gasteiger partial charge is 0.191 e. The van der Waals surface area contributed by atoms with Crippen LogP contribution in [0.25, 0.3) is 0 Å². The summed E-state index contributed by atoms with van der Waals surface area (Å²) in [5, 5.41) is 10.6. The van der Waals surface area contributed by atoms with Crippen LogP contribution in [0.1, 0.15) is 37.3 Å². The van der Waals surface area contributed by atoms with Crippen molar-refractivity contribution in [2.24, 2.45) is 4.99 Å². The van der Waals surface area contributed by atoms with E-state index in [1.807, 2.05) is 24.3 Å². The monoisotopic (exact) mass is 573 g/mol. The van der Waals surface area contributed by atoms with Crippen LogP contribution in [0.5, 0.6) is 0 Å². The molecule has 4 rings (SSSR count). The van der Waals surface area contributed by atoms with Gasteiger partial charge >= 0.3 is 0 Å². The molecule has 1 unspecified atom stereocenters. The molecule has 2 saturated heterocycles. The van der Waals surface area contributed by atoms with Gasteiger partial charge in [-0.2, -0.15) is 0 Å². The van der Waals surface area contributed by atoms with E-state index >= 15 is 0 Å². The minimum Gasteiger partial charge on any atom is -0.465 e. The van der Waals surface area contributed by atoms with Gasteiger partial charge in [-0.15, -0.1) is 35.3 Å². The Labute approximate surface area is 212 Å². The third-order valence-electron chi connectivity index (χ3n) is 6.00. The van der Waals surface area contributed by atoms with Crippen molar-refractivity contribution in [2.45, 2.75) is 38.8 Å². The molecule has 178 valence electrons. The van der Waals surface area contributed by atoms with E-state index in [-0.39, 0.29) is 30.0 Å². The van der Waals surface area contributed by atoms with Crippen LogP contribution >= 0.6 is 35.3 Å². The molecule has 0 spiro atoms. The van der Waals surface area contributed by atoms with Crippen molar-refractivity contribution in [1.82, 2.24) is 15.5 Å². The molecule has 2 aromatic heterocycles. The minimum atomic E-state index is 0. The van der Waals surface area contributed by atoms with Crippen LogP contribution in [-0.4, -0.2) is 69.4 Å². The summed E-state index contributed by atoms with van der Waals surface area (Å²) in [5.41, 5.74) is 0. The van der Waals surface area contributed by atoms with E-state index in [0.29, 0.717) is 12.6 Å². The molecule has 2 aliphatic heterocycles. The topological polar surface area (TPSA) is 65.3 Å².